The van der Waals surface area contributed by atoms with Gasteiger partial charge in [0.15, 0.2) is 0 Å². The van der Waals surface area contributed by atoms with Gasteiger partial charge in [0.1, 0.15) is 0 Å². The molecule has 1 aliphatic carbocycles. The molecule has 0 saturated heterocycles. The van der Waals surface area contributed by atoms with E-state index in [1.807, 2.05) is 5.38 Å². The molecule has 16 heavy (non-hydrogen) atoms. The standard InChI is InChI=1S/C11H17N3OS/c1-2-11-14-9(7-16-11)5-12-6-10(15)13-8-3-4-8/h7-8,12H,2-6H2,1H3,(H,13,15). The second kappa shape index (κ2) is 5.41. The van der Waals surface area contributed by atoms with Crippen LogP contribution in [0.5, 0.6) is 0 Å². The SMILES string of the molecule is CCc1nc(CNCC(=O)NC2CC2)cs1. The molecule has 1 aliphatic rings. The fourth-order valence-corrected chi connectivity index (χ4v) is 2.15. The third kappa shape index (κ3) is 3.57. The molecule has 0 atom stereocenters. The van der Waals surface area contributed by atoms with E-state index in [0.29, 0.717) is 19.1 Å². The third-order valence-corrected chi connectivity index (χ3v) is 3.48. The molecule has 5 heteroatoms. The predicted octanol–water partition coefficient (Wildman–Crippen LogP) is 1.07. The molecule has 1 heterocycles. The number of nitrogens with one attached hydrogen (secondary N) is 2. The van der Waals surface area contributed by atoms with Crippen LogP contribution >= 0.6 is 11.3 Å². The van der Waals surface area contributed by atoms with Gasteiger partial charge in [-0.05, 0) is 19.3 Å². The van der Waals surface area contributed by atoms with Gasteiger partial charge in [-0.15, -0.1) is 11.3 Å². The van der Waals surface area contributed by atoms with Crippen LogP contribution in [0.2, 0.25) is 0 Å². The first-order valence-electron chi connectivity index (χ1n) is 5.71. The molecule has 88 valence electrons. The van der Waals surface area contributed by atoms with Gasteiger partial charge in [-0.1, -0.05) is 6.92 Å². The summed E-state index contributed by atoms with van der Waals surface area (Å²) < 4.78 is 0. The molecule has 4 nitrogen and oxygen atoms in total. The van der Waals surface area contributed by atoms with Crippen LogP contribution in [0, 0.1) is 0 Å². The number of aryl methyl sites for hydroxylation is 1. The van der Waals surface area contributed by atoms with Crippen LogP contribution < -0.4 is 10.6 Å². The molecular formula is C11H17N3OS. The van der Waals surface area contributed by atoms with E-state index in [4.69, 9.17) is 0 Å². The molecule has 0 aliphatic heterocycles. The van der Waals surface area contributed by atoms with Crippen molar-refractivity contribution in [2.45, 2.75) is 38.8 Å². The van der Waals surface area contributed by atoms with E-state index in [1.54, 1.807) is 11.3 Å². The Bertz CT molecular complexity index is 360. The number of thiazole rings is 1. The van der Waals surface area contributed by atoms with E-state index in [0.717, 1.165) is 30.0 Å². The lowest BCUT2D eigenvalue weighted by molar-refractivity contribution is -0.120. The summed E-state index contributed by atoms with van der Waals surface area (Å²) in [5.74, 6) is 0.0912. The van der Waals surface area contributed by atoms with E-state index in [2.05, 4.69) is 22.5 Å². The molecule has 0 radical (unpaired) electrons. The fraction of sp³-hybridized carbons (Fsp3) is 0.636. The number of nitrogens with zero attached hydrogens (tertiary/aromatic N) is 1. The van der Waals surface area contributed by atoms with Crippen molar-refractivity contribution in [3.05, 3.63) is 16.1 Å². The molecule has 0 unspecified atom stereocenters. The van der Waals surface area contributed by atoms with Gasteiger partial charge in [-0.2, -0.15) is 0 Å². The van der Waals surface area contributed by atoms with Crippen LogP contribution in [-0.4, -0.2) is 23.5 Å². The maximum Gasteiger partial charge on any atom is 0.234 e. The number of amides is 1. The molecule has 1 aromatic rings. The van der Waals surface area contributed by atoms with E-state index >= 15 is 0 Å². The van der Waals surface area contributed by atoms with Crippen LogP contribution in [0.1, 0.15) is 30.5 Å². The lowest BCUT2D eigenvalue weighted by Gasteiger charge is -2.03. The van der Waals surface area contributed by atoms with E-state index in [9.17, 15) is 4.79 Å². The molecule has 0 spiro atoms. The maximum atomic E-state index is 11.4. The average Bonchev–Trinajstić information content (AvgIpc) is 2.96. The fourth-order valence-electron chi connectivity index (χ4n) is 1.40. The van der Waals surface area contributed by atoms with Crippen molar-refractivity contribution in [2.75, 3.05) is 6.54 Å². The highest BCUT2D eigenvalue weighted by Crippen LogP contribution is 2.18. The summed E-state index contributed by atoms with van der Waals surface area (Å²) in [6.07, 6.45) is 3.25. The Labute approximate surface area is 99.5 Å². The van der Waals surface area contributed by atoms with Crippen LogP contribution in [0.4, 0.5) is 0 Å². The van der Waals surface area contributed by atoms with Crippen molar-refractivity contribution in [1.82, 2.24) is 15.6 Å². The van der Waals surface area contributed by atoms with Gasteiger partial charge >= 0.3 is 0 Å². The zero-order valence-corrected chi connectivity index (χ0v) is 10.3. The number of carbonyl (C=O) groups is 1. The second-order valence-corrected chi connectivity index (χ2v) is 4.97. The number of rotatable bonds is 6. The molecule has 1 amide bonds. The number of aromatic nitrogens is 1. The molecular weight excluding hydrogens is 222 g/mol. The van der Waals surface area contributed by atoms with E-state index in [-0.39, 0.29) is 5.91 Å². The van der Waals surface area contributed by atoms with Crippen LogP contribution in [0.15, 0.2) is 5.38 Å². The minimum Gasteiger partial charge on any atom is -0.352 e. The molecule has 0 aromatic carbocycles. The van der Waals surface area contributed by atoms with Crippen LogP contribution in [0.3, 0.4) is 0 Å². The van der Waals surface area contributed by atoms with Gasteiger partial charge < -0.3 is 10.6 Å². The Morgan fingerprint density at radius 3 is 3.06 bits per heavy atom. The molecule has 1 fully saturated rings. The molecule has 0 bridgehead atoms. The normalized spacial score (nSPS) is 15.1. The van der Waals surface area contributed by atoms with Gasteiger partial charge in [0, 0.05) is 18.0 Å². The van der Waals surface area contributed by atoms with Crippen molar-refractivity contribution in [3.8, 4) is 0 Å². The van der Waals surface area contributed by atoms with Gasteiger partial charge in [-0.25, -0.2) is 4.98 Å². The highest BCUT2D eigenvalue weighted by Gasteiger charge is 2.22. The Balaban J connectivity index is 1.64. The third-order valence-electron chi connectivity index (χ3n) is 2.44. The van der Waals surface area contributed by atoms with Crippen molar-refractivity contribution in [1.29, 1.82) is 0 Å². The predicted molar refractivity (Wildman–Crippen MR) is 64.4 cm³/mol. The summed E-state index contributed by atoms with van der Waals surface area (Å²) in [4.78, 5) is 15.8. The zero-order chi connectivity index (χ0) is 11.4. The summed E-state index contributed by atoms with van der Waals surface area (Å²) >= 11 is 1.68. The summed E-state index contributed by atoms with van der Waals surface area (Å²) in [6.45, 7) is 3.16. The first-order chi connectivity index (χ1) is 7.78. The quantitative estimate of drug-likeness (QED) is 0.781. The minimum absolute atomic E-state index is 0.0912. The number of carbonyl (C=O) groups excluding carboxylic acids is 1. The number of hydrogen-bond donors (Lipinski definition) is 2. The molecule has 2 rings (SSSR count). The smallest absolute Gasteiger partial charge is 0.234 e. The van der Waals surface area contributed by atoms with Crippen molar-refractivity contribution < 1.29 is 4.79 Å². The maximum absolute atomic E-state index is 11.4. The highest BCUT2D eigenvalue weighted by molar-refractivity contribution is 7.09. The molecule has 1 aromatic heterocycles. The Morgan fingerprint density at radius 1 is 1.62 bits per heavy atom. The number of hydrogen-bond acceptors (Lipinski definition) is 4. The first kappa shape index (κ1) is 11.5. The van der Waals surface area contributed by atoms with Gasteiger partial charge in [0.2, 0.25) is 5.91 Å². The van der Waals surface area contributed by atoms with Gasteiger partial charge in [0.25, 0.3) is 0 Å². The van der Waals surface area contributed by atoms with E-state index in [1.165, 1.54) is 0 Å². The summed E-state index contributed by atoms with van der Waals surface area (Å²) in [7, 11) is 0. The Hall–Kier alpha value is -0.940. The topological polar surface area (TPSA) is 54.0 Å². The van der Waals surface area contributed by atoms with Crippen molar-refractivity contribution in [3.63, 3.8) is 0 Å². The lowest BCUT2D eigenvalue weighted by Crippen LogP contribution is -2.34. The minimum atomic E-state index is 0.0912. The lowest BCUT2D eigenvalue weighted by atomic mass is 10.4. The van der Waals surface area contributed by atoms with E-state index < -0.39 is 0 Å². The average molecular weight is 239 g/mol. The summed E-state index contributed by atoms with van der Waals surface area (Å²) in [5.41, 5.74) is 1.03. The second-order valence-electron chi connectivity index (χ2n) is 4.03. The molecule has 2 N–H and O–H groups in total. The van der Waals surface area contributed by atoms with Crippen molar-refractivity contribution in [2.24, 2.45) is 0 Å². The highest BCUT2D eigenvalue weighted by atomic mass is 32.1. The van der Waals surface area contributed by atoms with Crippen molar-refractivity contribution >= 4 is 17.2 Å². The van der Waals surface area contributed by atoms with Crippen LogP contribution in [0.25, 0.3) is 0 Å². The van der Waals surface area contributed by atoms with Gasteiger partial charge in [0.05, 0.1) is 17.2 Å². The Morgan fingerprint density at radius 2 is 2.44 bits per heavy atom. The summed E-state index contributed by atoms with van der Waals surface area (Å²) in [5, 5.41) is 9.24. The van der Waals surface area contributed by atoms with Gasteiger partial charge in [-0.3, -0.25) is 4.79 Å². The molecule has 1 saturated carbocycles. The van der Waals surface area contributed by atoms with Crippen LogP contribution in [-0.2, 0) is 17.8 Å². The monoisotopic (exact) mass is 239 g/mol. The summed E-state index contributed by atoms with van der Waals surface area (Å²) in [6, 6.07) is 0.445. The zero-order valence-electron chi connectivity index (χ0n) is 9.45. The first-order valence-corrected chi connectivity index (χ1v) is 6.59. The Kier molecular flexibility index (Phi) is 3.90. The largest absolute Gasteiger partial charge is 0.352 e.